The first-order chi connectivity index (χ1) is 9.00. The van der Waals surface area contributed by atoms with Gasteiger partial charge in [0, 0.05) is 6.04 Å². The van der Waals surface area contributed by atoms with Crippen LogP contribution < -0.4 is 16.6 Å². The molecular formula is C11H16N4O3S. The number of hydrazine groups is 1. The van der Waals surface area contributed by atoms with E-state index in [0.717, 1.165) is 0 Å². The van der Waals surface area contributed by atoms with Crippen molar-refractivity contribution in [3.63, 3.8) is 0 Å². The molecule has 1 amide bonds. The van der Waals surface area contributed by atoms with Crippen LogP contribution in [0.15, 0.2) is 18.3 Å². The molecule has 104 valence electrons. The van der Waals surface area contributed by atoms with Gasteiger partial charge in [0.2, 0.25) is 0 Å². The van der Waals surface area contributed by atoms with Crippen molar-refractivity contribution in [3.05, 3.63) is 24.0 Å². The van der Waals surface area contributed by atoms with Crippen LogP contribution in [0.4, 0.5) is 5.69 Å². The summed E-state index contributed by atoms with van der Waals surface area (Å²) in [5.41, 5.74) is 3.24. The average molecular weight is 284 g/mol. The second kappa shape index (κ2) is 5.54. The standard InChI is InChI=1S/C11H16N4O3S/c12-15-8-3-4-10(13-6-8)11(16)14-9-2-1-5-19(17,18)7-9/h3-4,6,9,15H,1-2,5,7,12H2,(H,14,16). The van der Waals surface area contributed by atoms with Gasteiger partial charge in [0.1, 0.15) is 5.69 Å². The van der Waals surface area contributed by atoms with E-state index in [2.05, 4.69) is 15.7 Å². The molecule has 7 nitrogen and oxygen atoms in total. The van der Waals surface area contributed by atoms with E-state index < -0.39 is 9.84 Å². The molecule has 0 spiro atoms. The minimum atomic E-state index is -3.03. The monoisotopic (exact) mass is 284 g/mol. The van der Waals surface area contributed by atoms with Crippen molar-refractivity contribution < 1.29 is 13.2 Å². The Morgan fingerprint density at radius 1 is 1.42 bits per heavy atom. The van der Waals surface area contributed by atoms with Gasteiger partial charge in [0.15, 0.2) is 9.84 Å². The minimum absolute atomic E-state index is 0.00117. The van der Waals surface area contributed by atoms with Crippen LogP contribution in [0.1, 0.15) is 23.3 Å². The number of hydrogen-bond acceptors (Lipinski definition) is 6. The van der Waals surface area contributed by atoms with E-state index >= 15 is 0 Å². The van der Waals surface area contributed by atoms with Crippen molar-refractivity contribution in [3.8, 4) is 0 Å². The van der Waals surface area contributed by atoms with Crippen LogP contribution in [0.3, 0.4) is 0 Å². The molecule has 1 unspecified atom stereocenters. The summed E-state index contributed by atoms with van der Waals surface area (Å²) in [6.07, 6.45) is 2.69. The Kier molecular flexibility index (Phi) is 4.01. The summed E-state index contributed by atoms with van der Waals surface area (Å²) in [5, 5.41) is 2.70. The largest absolute Gasteiger partial charge is 0.347 e. The molecule has 1 saturated heterocycles. The number of nitrogens with two attached hydrogens (primary N) is 1. The quantitative estimate of drug-likeness (QED) is 0.517. The first kappa shape index (κ1) is 13.8. The van der Waals surface area contributed by atoms with Gasteiger partial charge in [-0.15, -0.1) is 0 Å². The highest BCUT2D eigenvalue weighted by molar-refractivity contribution is 7.91. The summed E-state index contributed by atoms with van der Waals surface area (Å²) >= 11 is 0. The normalized spacial score (nSPS) is 21.6. The van der Waals surface area contributed by atoms with Crippen molar-refractivity contribution in [2.24, 2.45) is 5.84 Å². The van der Waals surface area contributed by atoms with Crippen LogP contribution in [0.25, 0.3) is 0 Å². The Bertz CT molecular complexity index is 556. The van der Waals surface area contributed by atoms with Crippen molar-refractivity contribution in [1.82, 2.24) is 10.3 Å². The summed E-state index contributed by atoms with van der Waals surface area (Å²) < 4.78 is 22.9. The number of hydrogen-bond donors (Lipinski definition) is 3. The number of nitrogens with zero attached hydrogens (tertiary/aromatic N) is 1. The maximum absolute atomic E-state index is 11.9. The average Bonchev–Trinajstić information content (AvgIpc) is 2.37. The van der Waals surface area contributed by atoms with Gasteiger partial charge in [0.05, 0.1) is 23.4 Å². The van der Waals surface area contributed by atoms with Gasteiger partial charge < -0.3 is 10.7 Å². The number of pyridine rings is 1. The molecule has 1 aliphatic rings. The molecule has 0 aliphatic carbocycles. The Hall–Kier alpha value is -1.67. The second-order valence-electron chi connectivity index (χ2n) is 4.50. The highest BCUT2D eigenvalue weighted by atomic mass is 32.2. The van der Waals surface area contributed by atoms with E-state index in [9.17, 15) is 13.2 Å². The fraction of sp³-hybridized carbons (Fsp3) is 0.455. The number of nitrogens with one attached hydrogen (secondary N) is 2. The predicted octanol–water partition coefficient (Wildman–Crippen LogP) is -0.326. The molecule has 2 rings (SSSR count). The molecule has 4 N–H and O–H groups in total. The number of amides is 1. The molecule has 1 fully saturated rings. The predicted molar refractivity (Wildman–Crippen MR) is 71.2 cm³/mol. The Labute approximate surface area is 111 Å². The maximum atomic E-state index is 11.9. The highest BCUT2D eigenvalue weighted by Crippen LogP contribution is 2.12. The lowest BCUT2D eigenvalue weighted by atomic mass is 10.2. The van der Waals surface area contributed by atoms with Crippen LogP contribution in [-0.2, 0) is 9.84 Å². The van der Waals surface area contributed by atoms with Crippen LogP contribution in [0.2, 0.25) is 0 Å². The van der Waals surface area contributed by atoms with Gasteiger partial charge in [-0.05, 0) is 25.0 Å². The van der Waals surface area contributed by atoms with Crippen LogP contribution in [0, 0.1) is 0 Å². The minimum Gasteiger partial charge on any atom is -0.347 e. The van der Waals surface area contributed by atoms with E-state index in [1.165, 1.54) is 12.3 Å². The van der Waals surface area contributed by atoms with Crippen LogP contribution >= 0.6 is 0 Å². The van der Waals surface area contributed by atoms with Gasteiger partial charge >= 0.3 is 0 Å². The number of nitrogen functional groups attached to an aromatic ring is 1. The van der Waals surface area contributed by atoms with Crippen molar-refractivity contribution in [2.45, 2.75) is 18.9 Å². The van der Waals surface area contributed by atoms with Crippen molar-refractivity contribution in [1.29, 1.82) is 0 Å². The summed E-state index contributed by atoms with van der Waals surface area (Å²) in [7, 11) is -3.03. The Morgan fingerprint density at radius 2 is 2.21 bits per heavy atom. The molecule has 1 aliphatic heterocycles. The molecule has 0 saturated carbocycles. The molecule has 1 aromatic heterocycles. The van der Waals surface area contributed by atoms with Gasteiger partial charge in [0.25, 0.3) is 5.91 Å². The molecular weight excluding hydrogens is 268 g/mol. The lowest BCUT2D eigenvalue weighted by Crippen LogP contribution is -2.43. The van der Waals surface area contributed by atoms with Gasteiger partial charge in [-0.2, -0.15) is 0 Å². The van der Waals surface area contributed by atoms with E-state index in [1.54, 1.807) is 6.07 Å². The van der Waals surface area contributed by atoms with Gasteiger partial charge in [-0.25, -0.2) is 13.4 Å². The topological polar surface area (TPSA) is 114 Å². The molecule has 0 bridgehead atoms. The summed E-state index contributed by atoms with van der Waals surface area (Å²) in [4.78, 5) is 15.9. The zero-order valence-electron chi connectivity index (χ0n) is 10.3. The third-order valence-corrected chi connectivity index (χ3v) is 4.78. The van der Waals surface area contributed by atoms with E-state index in [-0.39, 0.29) is 29.1 Å². The van der Waals surface area contributed by atoms with E-state index in [4.69, 9.17) is 5.84 Å². The smallest absolute Gasteiger partial charge is 0.270 e. The van der Waals surface area contributed by atoms with Gasteiger partial charge in [-0.3, -0.25) is 10.6 Å². The van der Waals surface area contributed by atoms with E-state index in [0.29, 0.717) is 18.5 Å². The lowest BCUT2D eigenvalue weighted by molar-refractivity contribution is 0.0933. The first-order valence-electron chi connectivity index (χ1n) is 5.94. The third-order valence-electron chi connectivity index (χ3n) is 2.96. The first-order valence-corrected chi connectivity index (χ1v) is 7.76. The third kappa shape index (κ3) is 3.65. The number of sulfone groups is 1. The fourth-order valence-corrected chi connectivity index (χ4v) is 3.65. The number of aromatic nitrogens is 1. The second-order valence-corrected chi connectivity index (χ2v) is 6.73. The van der Waals surface area contributed by atoms with Crippen LogP contribution in [0.5, 0.6) is 0 Å². The summed E-state index contributed by atoms with van der Waals surface area (Å²) in [5.74, 6) is 5.03. The zero-order valence-corrected chi connectivity index (χ0v) is 11.1. The van der Waals surface area contributed by atoms with Crippen molar-refractivity contribution in [2.75, 3.05) is 16.9 Å². The maximum Gasteiger partial charge on any atom is 0.270 e. The summed E-state index contributed by atoms with van der Waals surface area (Å²) in [6, 6.07) is 2.82. The molecule has 0 aromatic carbocycles. The molecule has 19 heavy (non-hydrogen) atoms. The molecule has 1 atom stereocenters. The Balaban J connectivity index is 2.00. The van der Waals surface area contributed by atoms with E-state index in [1.807, 2.05) is 0 Å². The van der Waals surface area contributed by atoms with Crippen molar-refractivity contribution >= 4 is 21.4 Å². The molecule has 2 heterocycles. The highest BCUT2D eigenvalue weighted by Gasteiger charge is 2.26. The van der Waals surface area contributed by atoms with Gasteiger partial charge in [-0.1, -0.05) is 0 Å². The number of rotatable bonds is 3. The summed E-state index contributed by atoms with van der Waals surface area (Å²) in [6.45, 7) is 0. The Morgan fingerprint density at radius 3 is 2.79 bits per heavy atom. The molecule has 1 aromatic rings. The molecule has 0 radical (unpaired) electrons. The fourth-order valence-electron chi connectivity index (χ4n) is 2.01. The lowest BCUT2D eigenvalue weighted by Gasteiger charge is -2.22. The number of carbonyl (C=O) groups is 1. The SMILES string of the molecule is NNc1ccc(C(=O)NC2CCCS(=O)(=O)C2)nc1. The molecule has 8 heteroatoms. The number of anilines is 1. The number of carbonyl (C=O) groups excluding carboxylic acids is 1. The zero-order chi connectivity index (χ0) is 13.9. The van der Waals surface area contributed by atoms with Crippen LogP contribution in [-0.4, -0.2) is 36.9 Å².